The van der Waals surface area contributed by atoms with Gasteiger partial charge in [0, 0.05) is 22.1 Å². The lowest BCUT2D eigenvalue weighted by molar-refractivity contribution is -0.160. The van der Waals surface area contributed by atoms with Crippen LogP contribution in [0.25, 0.3) is 0 Å². The minimum atomic E-state index is -0.566. The molecule has 20 heavy (non-hydrogen) atoms. The zero-order chi connectivity index (χ0) is 15.1. The van der Waals surface area contributed by atoms with Crippen molar-refractivity contribution < 1.29 is 14.3 Å². The second-order valence-electron chi connectivity index (χ2n) is 6.38. The maximum atomic E-state index is 12.2. The van der Waals surface area contributed by atoms with Crippen molar-refractivity contribution in [3.05, 3.63) is 34.3 Å². The lowest BCUT2D eigenvalue weighted by atomic mass is 9.81. The minimum absolute atomic E-state index is 0.0831. The van der Waals surface area contributed by atoms with Crippen molar-refractivity contribution in [2.24, 2.45) is 11.3 Å². The summed E-state index contributed by atoms with van der Waals surface area (Å²) in [5, 5.41) is 0.544. The van der Waals surface area contributed by atoms with Crippen LogP contribution in [-0.2, 0) is 9.53 Å². The molecule has 0 heterocycles. The molecule has 0 unspecified atom stereocenters. The smallest absolute Gasteiger partial charge is 0.311 e. The van der Waals surface area contributed by atoms with E-state index in [1.807, 2.05) is 27.7 Å². The van der Waals surface area contributed by atoms with Gasteiger partial charge in [0.25, 0.3) is 0 Å². The van der Waals surface area contributed by atoms with Crippen LogP contribution >= 0.6 is 11.6 Å². The van der Waals surface area contributed by atoms with Crippen molar-refractivity contribution in [1.29, 1.82) is 0 Å². The molecule has 2 atom stereocenters. The van der Waals surface area contributed by atoms with E-state index in [0.717, 1.165) is 5.56 Å². The van der Waals surface area contributed by atoms with E-state index < -0.39 is 11.5 Å². The number of benzene rings is 1. The van der Waals surface area contributed by atoms with Gasteiger partial charge in [0.1, 0.15) is 6.10 Å². The summed E-state index contributed by atoms with van der Waals surface area (Å²) in [6.45, 7) is 7.29. The summed E-state index contributed by atoms with van der Waals surface area (Å²) in [5.41, 5.74) is 0.765. The molecule has 0 aliphatic heterocycles. The molecule has 2 rings (SSSR count). The molecule has 0 bridgehead atoms. The molecule has 0 spiro atoms. The first-order chi connectivity index (χ1) is 9.20. The highest BCUT2D eigenvalue weighted by atomic mass is 35.5. The number of Topliss-reactive ketones (excluding diaryl/α,β-unsaturated/α-hetero) is 1. The van der Waals surface area contributed by atoms with E-state index in [9.17, 15) is 9.59 Å². The van der Waals surface area contributed by atoms with E-state index in [4.69, 9.17) is 16.3 Å². The number of carbonyl (C=O) groups is 2. The molecule has 1 aromatic carbocycles. The van der Waals surface area contributed by atoms with Gasteiger partial charge in [0.05, 0.1) is 5.41 Å². The molecule has 108 valence electrons. The van der Waals surface area contributed by atoms with E-state index in [1.54, 1.807) is 18.2 Å². The molecular weight excluding hydrogens is 276 g/mol. The third-order valence-corrected chi connectivity index (χ3v) is 3.74. The number of rotatable bonds is 1. The molecule has 3 nitrogen and oxygen atoms in total. The summed E-state index contributed by atoms with van der Waals surface area (Å²) in [6.07, 6.45) is 0.108. The molecule has 1 aliphatic carbocycles. The molecule has 1 aliphatic rings. The van der Waals surface area contributed by atoms with Crippen LogP contribution in [0.1, 0.15) is 56.1 Å². The SMILES string of the molecule is C[C@H]1C[C@H](OC(=O)C(C)(C)C)c2cc(Cl)ccc2C1=O. The fourth-order valence-electron chi connectivity index (χ4n) is 2.26. The summed E-state index contributed by atoms with van der Waals surface area (Å²) < 4.78 is 5.61. The third-order valence-electron chi connectivity index (χ3n) is 3.50. The molecule has 4 heteroatoms. The molecule has 0 N–H and O–H groups in total. The van der Waals surface area contributed by atoms with Crippen LogP contribution in [0.2, 0.25) is 5.02 Å². The number of esters is 1. The lowest BCUT2D eigenvalue weighted by Gasteiger charge is -2.30. The van der Waals surface area contributed by atoms with Gasteiger partial charge in [-0.05, 0) is 45.4 Å². The van der Waals surface area contributed by atoms with Crippen LogP contribution in [0.5, 0.6) is 0 Å². The third kappa shape index (κ3) is 2.88. The Balaban J connectivity index is 2.36. The van der Waals surface area contributed by atoms with Crippen molar-refractivity contribution in [2.45, 2.75) is 40.2 Å². The molecule has 0 amide bonds. The van der Waals surface area contributed by atoms with Crippen molar-refractivity contribution in [3.8, 4) is 0 Å². The number of ether oxygens (including phenoxy) is 1. The van der Waals surface area contributed by atoms with Gasteiger partial charge in [-0.1, -0.05) is 18.5 Å². The molecule has 0 saturated heterocycles. The monoisotopic (exact) mass is 294 g/mol. The molecule has 1 aromatic rings. The normalized spacial score (nSPS) is 22.4. The summed E-state index contributed by atoms with van der Waals surface area (Å²) in [7, 11) is 0. The minimum Gasteiger partial charge on any atom is -0.457 e. The first kappa shape index (κ1) is 15.0. The second-order valence-corrected chi connectivity index (χ2v) is 6.81. The van der Waals surface area contributed by atoms with Crippen LogP contribution in [0.4, 0.5) is 0 Å². The predicted octanol–water partition coefficient (Wildman–Crippen LogP) is 4.19. The van der Waals surface area contributed by atoms with Gasteiger partial charge in [-0.2, -0.15) is 0 Å². The van der Waals surface area contributed by atoms with Gasteiger partial charge in [-0.15, -0.1) is 0 Å². The molecule has 0 aromatic heterocycles. The van der Waals surface area contributed by atoms with Crippen molar-refractivity contribution in [2.75, 3.05) is 0 Å². The second kappa shape index (κ2) is 5.21. The Labute approximate surface area is 124 Å². The lowest BCUT2D eigenvalue weighted by Crippen LogP contribution is -2.30. The van der Waals surface area contributed by atoms with E-state index >= 15 is 0 Å². The Morgan fingerprint density at radius 2 is 2.00 bits per heavy atom. The Hall–Kier alpha value is -1.35. The van der Waals surface area contributed by atoms with Gasteiger partial charge in [-0.3, -0.25) is 9.59 Å². The highest BCUT2D eigenvalue weighted by Gasteiger charge is 2.35. The maximum Gasteiger partial charge on any atom is 0.311 e. The fraction of sp³-hybridized carbons (Fsp3) is 0.500. The van der Waals surface area contributed by atoms with Gasteiger partial charge in [0.15, 0.2) is 5.78 Å². The fourth-order valence-corrected chi connectivity index (χ4v) is 2.44. The number of ketones is 1. The Bertz CT molecular complexity index is 557. The molecule has 0 saturated carbocycles. The van der Waals surface area contributed by atoms with Crippen LogP contribution < -0.4 is 0 Å². The number of halogens is 1. The average Bonchev–Trinajstić information content (AvgIpc) is 2.34. The van der Waals surface area contributed by atoms with Crippen LogP contribution in [0.3, 0.4) is 0 Å². The first-order valence-corrected chi connectivity index (χ1v) is 7.12. The summed E-state index contributed by atoms with van der Waals surface area (Å²) in [5.74, 6) is -0.337. The Morgan fingerprint density at radius 3 is 2.60 bits per heavy atom. The molecule has 0 radical (unpaired) electrons. The van der Waals surface area contributed by atoms with Crippen LogP contribution in [-0.4, -0.2) is 11.8 Å². The molecular formula is C16H19ClO3. The van der Waals surface area contributed by atoms with E-state index in [1.165, 1.54) is 0 Å². The number of carbonyl (C=O) groups excluding carboxylic acids is 2. The predicted molar refractivity (Wildman–Crippen MR) is 77.9 cm³/mol. The van der Waals surface area contributed by atoms with Gasteiger partial charge < -0.3 is 4.74 Å². The maximum absolute atomic E-state index is 12.2. The zero-order valence-corrected chi connectivity index (χ0v) is 13.0. The van der Waals surface area contributed by atoms with Gasteiger partial charge >= 0.3 is 5.97 Å². The topological polar surface area (TPSA) is 43.4 Å². The summed E-state index contributed by atoms with van der Waals surface area (Å²) in [4.78, 5) is 24.2. The quantitative estimate of drug-likeness (QED) is 0.729. The summed E-state index contributed by atoms with van der Waals surface area (Å²) >= 11 is 6.00. The summed E-state index contributed by atoms with van der Waals surface area (Å²) in [6, 6.07) is 5.13. The molecule has 0 fully saturated rings. The van der Waals surface area contributed by atoms with Crippen LogP contribution in [0.15, 0.2) is 18.2 Å². The Morgan fingerprint density at radius 1 is 1.35 bits per heavy atom. The van der Waals surface area contributed by atoms with Crippen molar-refractivity contribution in [3.63, 3.8) is 0 Å². The largest absolute Gasteiger partial charge is 0.457 e. The number of hydrogen-bond donors (Lipinski definition) is 0. The average molecular weight is 295 g/mol. The standard InChI is InChI=1S/C16H19ClO3/c1-9-7-13(20-15(19)16(2,3)4)12-8-10(17)5-6-11(12)14(9)18/h5-6,8-9,13H,7H2,1-4H3/t9-,13-/m0/s1. The highest BCUT2D eigenvalue weighted by molar-refractivity contribution is 6.30. The van der Waals surface area contributed by atoms with E-state index in [2.05, 4.69) is 0 Å². The first-order valence-electron chi connectivity index (χ1n) is 6.75. The highest BCUT2D eigenvalue weighted by Crippen LogP contribution is 2.38. The van der Waals surface area contributed by atoms with Crippen molar-refractivity contribution in [1.82, 2.24) is 0 Å². The van der Waals surface area contributed by atoms with E-state index in [-0.39, 0.29) is 17.7 Å². The number of fused-ring (bicyclic) bond motifs is 1. The number of hydrogen-bond acceptors (Lipinski definition) is 3. The van der Waals surface area contributed by atoms with E-state index in [0.29, 0.717) is 17.0 Å². The van der Waals surface area contributed by atoms with Gasteiger partial charge in [-0.25, -0.2) is 0 Å². The van der Waals surface area contributed by atoms with Crippen LogP contribution in [0, 0.1) is 11.3 Å². The Kier molecular flexibility index (Phi) is 3.92. The van der Waals surface area contributed by atoms with Crippen molar-refractivity contribution >= 4 is 23.4 Å². The van der Waals surface area contributed by atoms with Gasteiger partial charge in [0.2, 0.25) is 0 Å². The zero-order valence-electron chi connectivity index (χ0n) is 12.2.